The van der Waals surface area contributed by atoms with E-state index in [9.17, 15) is 8.42 Å². The monoisotopic (exact) mass is 328 g/mol. The van der Waals surface area contributed by atoms with Gasteiger partial charge in [-0.05, 0) is 12.1 Å². The Morgan fingerprint density at radius 1 is 1.40 bits per heavy atom. The molecule has 20 heavy (non-hydrogen) atoms. The van der Waals surface area contributed by atoms with Crippen molar-refractivity contribution >= 4 is 38.6 Å². The first-order valence-corrected chi connectivity index (χ1v) is 8.40. The summed E-state index contributed by atoms with van der Waals surface area (Å²) in [5.74, 6) is 0. The molecule has 0 aromatic carbocycles. The lowest BCUT2D eigenvalue weighted by Gasteiger charge is -2.09. The van der Waals surface area contributed by atoms with Crippen molar-refractivity contribution in [2.75, 3.05) is 6.54 Å². The summed E-state index contributed by atoms with van der Waals surface area (Å²) in [5, 5.41) is 2.71. The lowest BCUT2D eigenvalue weighted by Crippen LogP contribution is -2.28. The molecule has 0 aliphatic heterocycles. The Bertz CT molecular complexity index is 698. The molecule has 0 saturated heterocycles. The molecule has 2 rings (SSSR count). The first kappa shape index (κ1) is 15.0. The number of rotatable bonds is 6. The third-order valence-electron chi connectivity index (χ3n) is 2.41. The van der Waals surface area contributed by atoms with Gasteiger partial charge in [0, 0.05) is 30.7 Å². The summed E-state index contributed by atoms with van der Waals surface area (Å²) in [4.78, 5) is 7.93. The molecule has 2 heterocycles. The van der Waals surface area contributed by atoms with Crippen LogP contribution in [0, 0.1) is 0 Å². The number of thiocarbonyl (C=S) groups is 1. The van der Waals surface area contributed by atoms with Gasteiger partial charge in [0.1, 0.15) is 15.6 Å². The summed E-state index contributed by atoms with van der Waals surface area (Å²) >= 11 is 6.29. The fourth-order valence-corrected chi connectivity index (χ4v) is 3.59. The van der Waals surface area contributed by atoms with Gasteiger partial charge in [-0.1, -0.05) is 12.2 Å². The Hall–Kier alpha value is -1.42. The highest BCUT2D eigenvalue weighted by molar-refractivity contribution is 7.89. The van der Waals surface area contributed by atoms with Gasteiger partial charge in [0.05, 0.1) is 5.01 Å². The normalized spacial score (nSPS) is 11.4. The Balaban J connectivity index is 2.12. The number of aromatic nitrogens is 2. The van der Waals surface area contributed by atoms with Crippen LogP contribution >= 0.6 is 23.6 Å². The average molecular weight is 328 g/mol. The summed E-state index contributed by atoms with van der Waals surface area (Å²) in [6.45, 7) is 0.252. The van der Waals surface area contributed by atoms with Gasteiger partial charge < -0.3 is 5.73 Å². The Labute approximate surface area is 126 Å². The van der Waals surface area contributed by atoms with Crippen LogP contribution < -0.4 is 10.5 Å². The van der Waals surface area contributed by atoms with Crippen molar-refractivity contribution in [1.82, 2.24) is 14.7 Å². The molecule has 0 aliphatic carbocycles. The number of pyridine rings is 1. The van der Waals surface area contributed by atoms with Crippen LogP contribution in [0.3, 0.4) is 0 Å². The molecule has 0 unspecified atom stereocenters. The van der Waals surface area contributed by atoms with E-state index in [1.807, 2.05) is 5.38 Å². The summed E-state index contributed by atoms with van der Waals surface area (Å²) in [6, 6.07) is 2.95. The van der Waals surface area contributed by atoms with Crippen LogP contribution in [0.25, 0.3) is 0 Å². The molecule has 0 spiro atoms. The van der Waals surface area contributed by atoms with Crippen molar-refractivity contribution in [1.29, 1.82) is 0 Å². The molecule has 0 atom stereocenters. The molecule has 9 heteroatoms. The van der Waals surface area contributed by atoms with Gasteiger partial charge in [-0.15, -0.1) is 11.3 Å². The number of hydrogen-bond acceptors (Lipinski definition) is 6. The number of nitrogens with one attached hydrogen (secondary N) is 1. The van der Waals surface area contributed by atoms with Crippen LogP contribution in [-0.4, -0.2) is 29.9 Å². The van der Waals surface area contributed by atoms with E-state index in [1.54, 1.807) is 6.20 Å². The second-order valence-corrected chi connectivity index (χ2v) is 6.94. The second-order valence-electron chi connectivity index (χ2n) is 3.79. The molecule has 6 nitrogen and oxygen atoms in total. The van der Waals surface area contributed by atoms with Crippen LogP contribution in [0.5, 0.6) is 0 Å². The predicted octanol–water partition coefficient (Wildman–Crippen LogP) is 0.693. The van der Waals surface area contributed by atoms with E-state index in [4.69, 9.17) is 18.0 Å². The van der Waals surface area contributed by atoms with Gasteiger partial charge in [0.2, 0.25) is 10.0 Å². The minimum Gasteiger partial charge on any atom is -0.388 e. The molecule has 0 saturated carbocycles. The number of nitrogens with two attached hydrogens (primary N) is 1. The summed E-state index contributed by atoms with van der Waals surface area (Å²) in [6.07, 6.45) is 3.66. The van der Waals surface area contributed by atoms with Gasteiger partial charge in [-0.2, -0.15) is 0 Å². The van der Waals surface area contributed by atoms with Crippen LogP contribution in [0.15, 0.2) is 34.8 Å². The topological polar surface area (TPSA) is 98.0 Å². The lowest BCUT2D eigenvalue weighted by molar-refractivity contribution is 0.581. The number of thiazole rings is 1. The van der Waals surface area contributed by atoms with E-state index in [-0.39, 0.29) is 22.1 Å². The quantitative estimate of drug-likeness (QED) is 0.757. The van der Waals surface area contributed by atoms with Crippen LogP contribution in [-0.2, 0) is 16.4 Å². The molecule has 2 aromatic heterocycles. The SMILES string of the molecule is NC(=S)c1ncccc1S(=O)(=O)NCCc1nccs1. The van der Waals surface area contributed by atoms with Gasteiger partial charge in [0.25, 0.3) is 0 Å². The zero-order valence-electron chi connectivity index (χ0n) is 10.3. The Morgan fingerprint density at radius 2 is 2.20 bits per heavy atom. The standard InChI is InChI=1S/C11H12N4O2S3/c12-11(18)10-8(2-1-4-14-10)20(16,17)15-5-3-9-13-6-7-19-9/h1-2,4,6-7,15H,3,5H2,(H2,12,18). The van der Waals surface area contributed by atoms with Crippen molar-refractivity contribution in [2.24, 2.45) is 5.73 Å². The second kappa shape index (κ2) is 6.35. The zero-order valence-corrected chi connectivity index (χ0v) is 12.8. The Kier molecular flexibility index (Phi) is 4.76. The fraction of sp³-hybridized carbons (Fsp3) is 0.182. The van der Waals surface area contributed by atoms with Crippen molar-refractivity contribution in [3.63, 3.8) is 0 Å². The molecule has 106 valence electrons. The average Bonchev–Trinajstić information content (AvgIpc) is 2.91. The minimum atomic E-state index is -3.69. The maximum atomic E-state index is 12.2. The van der Waals surface area contributed by atoms with Crippen molar-refractivity contribution in [2.45, 2.75) is 11.3 Å². The predicted molar refractivity (Wildman–Crippen MR) is 81.1 cm³/mol. The smallest absolute Gasteiger partial charge is 0.242 e. The van der Waals surface area contributed by atoms with Crippen molar-refractivity contribution in [3.05, 3.63) is 40.6 Å². The van der Waals surface area contributed by atoms with Crippen LogP contribution in [0.2, 0.25) is 0 Å². The summed E-state index contributed by atoms with van der Waals surface area (Å²) in [7, 11) is -3.69. The van der Waals surface area contributed by atoms with Crippen molar-refractivity contribution in [3.8, 4) is 0 Å². The molecular weight excluding hydrogens is 316 g/mol. The first-order valence-electron chi connectivity index (χ1n) is 5.63. The third-order valence-corrected chi connectivity index (χ3v) is 4.93. The van der Waals surface area contributed by atoms with E-state index >= 15 is 0 Å². The first-order chi connectivity index (χ1) is 9.50. The molecule has 0 bridgehead atoms. The molecule has 0 radical (unpaired) electrons. The molecule has 0 aliphatic rings. The summed E-state index contributed by atoms with van der Waals surface area (Å²) < 4.78 is 26.9. The summed E-state index contributed by atoms with van der Waals surface area (Å²) in [5.41, 5.74) is 5.59. The molecule has 2 aromatic rings. The van der Waals surface area contributed by atoms with Crippen molar-refractivity contribution < 1.29 is 8.42 Å². The maximum Gasteiger partial charge on any atom is 0.242 e. The highest BCUT2D eigenvalue weighted by Gasteiger charge is 2.20. The van der Waals surface area contributed by atoms with E-state index in [1.165, 1.54) is 29.7 Å². The van der Waals surface area contributed by atoms with E-state index in [0.717, 1.165) is 5.01 Å². The van der Waals surface area contributed by atoms with Crippen LogP contribution in [0.4, 0.5) is 0 Å². The van der Waals surface area contributed by atoms with E-state index in [2.05, 4.69) is 14.7 Å². The highest BCUT2D eigenvalue weighted by atomic mass is 32.2. The number of hydrogen-bond donors (Lipinski definition) is 2. The zero-order chi connectivity index (χ0) is 14.6. The number of nitrogens with zero attached hydrogens (tertiary/aromatic N) is 2. The molecular formula is C11H12N4O2S3. The minimum absolute atomic E-state index is 0.00774. The molecule has 0 fully saturated rings. The van der Waals surface area contributed by atoms with Gasteiger partial charge >= 0.3 is 0 Å². The fourth-order valence-electron chi connectivity index (χ4n) is 1.54. The molecule has 0 amide bonds. The number of sulfonamides is 1. The lowest BCUT2D eigenvalue weighted by atomic mass is 10.3. The highest BCUT2D eigenvalue weighted by Crippen LogP contribution is 2.13. The van der Waals surface area contributed by atoms with Crippen LogP contribution in [0.1, 0.15) is 10.7 Å². The van der Waals surface area contributed by atoms with Gasteiger partial charge in [-0.25, -0.2) is 18.1 Å². The largest absolute Gasteiger partial charge is 0.388 e. The Morgan fingerprint density at radius 3 is 2.85 bits per heavy atom. The van der Waals surface area contributed by atoms with E-state index in [0.29, 0.717) is 6.42 Å². The van der Waals surface area contributed by atoms with Gasteiger partial charge in [0.15, 0.2) is 0 Å². The molecule has 3 N–H and O–H groups in total. The van der Waals surface area contributed by atoms with Gasteiger partial charge in [-0.3, -0.25) is 4.98 Å². The maximum absolute atomic E-state index is 12.2. The van der Waals surface area contributed by atoms with E-state index < -0.39 is 10.0 Å². The third kappa shape index (κ3) is 3.57.